The van der Waals surface area contributed by atoms with Crippen molar-refractivity contribution in [3.8, 4) is 5.69 Å². The highest BCUT2D eigenvalue weighted by Crippen LogP contribution is 2.26. The summed E-state index contributed by atoms with van der Waals surface area (Å²) in [6.45, 7) is 1.64. The van der Waals surface area contributed by atoms with E-state index in [0.717, 1.165) is 12.0 Å². The zero-order valence-corrected chi connectivity index (χ0v) is 18.1. The van der Waals surface area contributed by atoms with Gasteiger partial charge in [0.15, 0.2) is 20.7 Å². The average molecular weight is 482 g/mol. The van der Waals surface area contributed by atoms with Gasteiger partial charge < -0.3 is 9.74 Å². The van der Waals surface area contributed by atoms with Crippen LogP contribution in [0, 0.1) is 0 Å². The number of sulfone groups is 1. The molecule has 0 saturated heterocycles. The number of hydrogen-bond donors (Lipinski definition) is 0. The van der Waals surface area contributed by atoms with Gasteiger partial charge >= 0.3 is 6.18 Å². The van der Waals surface area contributed by atoms with E-state index in [1.807, 2.05) is 0 Å². The van der Waals surface area contributed by atoms with Crippen LogP contribution in [0.25, 0.3) is 5.69 Å². The quantitative estimate of drug-likeness (QED) is 0.402. The van der Waals surface area contributed by atoms with Crippen LogP contribution in [0.2, 0.25) is 5.15 Å². The second-order valence-electron chi connectivity index (χ2n) is 6.19. The lowest BCUT2D eigenvalue weighted by atomic mass is 10.3. The molecular weight excluding hydrogens is 463 g/mol. The predicted molar refractivity (Wildman–Crippen MR) is 108 cm³/mol. The van der Waals surface area contributed by atoms with Crippen LogP contribution in [0.3, 0.4) is 0 Å². The molecule has 2 rings (SSSR count). The number of carbonyl (C=O) groups is 1. The number of oxime groups is 1. The molecule has 0 unspecified atom stereocenters. The summed E-state index contributed by atoms with van der Waals surface area (Å²) in [6.07, 6.45) is -1.69. The highest BCUT2D eigenvalue weighted by molar-refractivity contribution is 7.92. The molecule has 1 amide bonds. The van der Waals surface area contributed by atoms with Gasteiger partial charge in [-0.3, -0.25) is 9.78 Å². The topological polar surface area (TPSA) is 107 Å². The van der Waals surface area contributed by atoms with Gasteiger partial charge in [-0.1, -0.05) is 16.8 Å². The highest BCUT2D eigenvalue weighted by atomic mass is 35.5. The molecule has 0 bridgehead atoms. The lowest BCUT2D eigenvalue weighted by Gasteiger charge is -2.20. The number of anilines is 1. The molecule has 0 aliphatic carbocycles. The summed E-state index contributed by atoms with van der Waals surface area (Å²) in [6, 6.07) is 3.37. The van der Waals surface area contributed by atoms with Crippen molar-refractivity contribution < 1.29 is 31.2 Å². The summed E-state index contributed by atoms with van der Waals surface area (Å²) in [4.78, 5) is 22.6. The number of nitrogens with zero attached hydrogens (tertiary/aromatic N) is 5. The van der Waals surface area contributed by atoms with Crippen molar-refractivity contribution >= 4 is 38.7 Å². The number of amides is 1. The van der Waals surface area contributed by atoms with Crippen molar-refractivity contribution in [1.82, 2.24) is 14.8 Å². The molecular formula is C17H19ClF3N5O4S. The lowest BCUT2D eigenvalue weighted by molar-refractivity contribution is -0.129. The molecule has 0 aromatic carbocycles. The van der Waals surface area contributed by atoms with E-state index in [9.17, 15) is 26.4 Å². The van der Waals surface area contributed by atoms with Crippen molar-refractivity contribution in [2.75, 3.05) is 30.1 Å². The van der Waals surface area contributed by atoms with E-state index in [4.69, 9.17) is 11.6 Å². The minimum atomic E-state index is -4.65. The molecule has 0 saturated carbocycles. The average Bonchev–Trinajstić information content (AvgIpc) is 3.08. The van der Waals surface area contributed by atoms with E-state index in [1.165, 1.54) is 17.1 Å². The number of alkyl halides is 3. The Kier molecular flexibility index (Phi) is 8.01. The molecule has 2 aromatic heterocycles. The molecule has 0 atom stereocenters. The molecule has 170 valence electrons. The van der Waals surface area contributed by atoms with E-state index >= 15 is 0 Å². The number of halogens is 4. The summed E-state index contributed by atoms with van der Waals surface area (Å²) >= 11 is 6.17. The molecule has 9 nitrogen and oxygen atoms in total. The Morgan fingerprint density at radius 1 is 1.39 bits per heavy atom. The van der Waals surface area contributed by atoms with Gasteiger partial charge in [0.2, 0.25) is 0 Å². The number of pyridine rings is 1. The van der Waals surface area contributed by atoms with Crippen molar-refractivity contribution in [2.24, 2.45) is 5.16 Å². The molecule has 2 aromatic rings. The van der Waals surface area contributed by atoms with E-state index in [2.05, 4.69) is 20.1 Å². The van der Waals surface area contributed by atoms with Gasteiger partial charge in [-0.15, -0.1) is 0 Å². The van der Waals surface area contributed by atoms with Gasteiger partial charge in [-0.25, -0.2) is 13.1 Å². The Bertz CT molecular complexity index is 1040. The third-order valence-corrected chi connectivity index (χ3v) is 5.72. The molecule has 0 radical (unpaired) electrons. The van der Waals surface area contributed by atoms with Crippen LogP contribution in [0.5, 0.6) is 0 Å². The van der Waals surface area contributed by atoms with Crippen LogP contribution in [0.15, 0.2) is 35.9 Å². The third kappa shape index (κ3) is 6.92. The van der Waals surface area contributed by atoms with Crippen LogP contribution in [0.1, 0.15) is 13.3 Å². The molecule has 0 N–H and O–H groups in total. The summed E-state index contributed by atoms with van der Waals surface area (Å²) in [7, 11) is -3.21. The first kappa shape index (κ1) is 24.6. The number of rotatable bonds is 9. The van der Waals surface area contributed by atoms with E-state index in [1.54, 1.807) is 25.3 Å². The van der Waals surface area contributed by atoms with Crippen molar-refractivity contribution in [3.05, 3.63) is 35.9 Å². The maximum atomic E-state index is 13.0. The van der Waals surface area contributed by atoms with Crippen LogP contribution >= 0.6 is 11.6 Å². The number of carbonyl (C=O) groups excluding carboxylic acids is 1. The summed E-state index contributed by atoms with van der Waals surface area (Å²) in [5.74, 6) is -3.11. The van der Waals surface area contributed by atoms with Gasteiger partial charge in [0.05, 0.1) is 30.3 Å². The molecule has 2 heterocycles. The first-order chi connectivity index (χ1) is 14.5. The number of hydrogen-bond acceptors (Lipinski definition) is 7. The summed E-state index contributed by atoms with van der Waals surface area (Å²) in [5.41, 5.74) is 0.117. The standard InChI is InChI=1S/C17H19ClF3N5O4S/c1-3-25(14-10-26(23-15(14)18)12-5-4-7-22-9-12)16(27)13(24-30-2)11-31(28,29)8-6-17(19,20)21/h4-5,7,9-10H,3,6,8,11H2,1-2H3/b24-13-. The normalized spacial score (nSPS) is 12.6. The first-order valence-electron chi connectivity index (χ1n) is 8.82. The highest BCUT2D eigenvalue weighted by Gasteiger charge is 2.33. The van der Waals surface area contributed by atoms with Crippen molar-refractivity contribution in [2.45, 2.75) is 19.5 Å². The summed E-state index contributed by atoms with van der Waals surface area (Å²) in [5, 5.41) is 7.47. The Hall–Kier alpha value is -2.67. The molecule has 31 heavy (non-hydrogen) atoms. The van der Waals surface area contributed by atoms with E-state index < -0.39 is 45.6 Å². The fraction of sp³-hybridized carbons (Fsp3) is 0.412. The van der Waals surface area contributed by atoms with Gasteiger partial charge in [0.1, 0.15) is 18.6 Å². The van der Waals surface area contributed by atoms with Gasteiger partial charge in [-0.2, -0.15) is 18.3 Å². The Morgan fingerprint density at radius 2 is 2.10 bits per heavy atom. The Morgan fingerprint density at radius 3 is 2.65 bits per heavy atom. The smallest absolute Gasteiger partial charge is 0.390 e. The predicted octanol–water partition coefficient (Wildman–Crippen LogP) is 2.64. The van der Waals surface area contributed by atoms with Crippen LogP contribution in [0.4, 0.5) is 18.9 Å². The van der Waals surface area contributed by atoms with Gasteiger partial charge in [0, 0.05) is 12.7 Å². The molecule has 0 spiro atoms. The largest absolute Gasteiger partial charge is 0.399 e. The van der Waals surface area contributed by atoms with Gasteiger partial charge in [-0.05, 0) is 19.1 Å². The van der Waals surface area contributed by atoms with E-state index in [0.29, 0.717) is 5.69 Å². The van der Waals surface area contributed by atoms with Gasteiger partial charge in [0.25, 0.3) is 5.91 Å². The first-order valence-corrected chi connectivity index (χ1v) is 11.0. The van der Waals surface area contributed by atoms with Crippen LogP contribution < -0.4 is 4.90 Å². The van der Waals surface area contributed by atoms with Crippen molar-refractivity contribution in [1.29, 1.82) is 0 Å². The zero-order valence-electron chi connectivity index (χ0n) is 16.5. The van der Waals surface area contributed by atoms with Crippen molar-refractivity contribution in [3.63, 3.8) is 0 Å². The fourth-order valence-electron chi connectivity index (χ4n) is 2.51. The van der Waals surface area contributed by atoms with Crippen LogP contribution in [-0.2, 0) is 19.5 Å². The second-order valence-corrected chi connectivity index (χ2v) is 8.73. The molecule has 0 aliphatic heterocycles. The Balaban J connectivity index is 2.30. The van der Waals surface area contributed by atoms with E-state index in [-0.39, 0.29) is 17.4 Å². The maximum absolute atomic E-state index is 13.0. The summed E-state index contributed by atoms with van der Waals surface area (Å²) < 4.78 is 62.8. The fourth-order valence-corrected chi connectivity index (χ4v) is 4.03. The Labute approximate surface area is 181 Å². The maximum Gasteiger partial charge on any atom is 0.390 e. The molecule has 0 fully saturated rings. The monoisotopic (exact) mass is 481 g/mol. The lowest BCUT2D eigenvalue weighted by Crippen LogP contribution is -2.40. The number of aromatic nitrogens is 3. The molecule has 14 heteroatoms. The minimum Gasteiger partial charge on any atom is -0.399 e. The third-order valence-electron chi connectivity index (χ3n) is 3.92. The molecule has 0 aliphatic rings. The minimum absolute atomic E-state index is 0.0443. The van der Waals surface area contributed by atoms with Crippen LogP contribution in [-0.4, -0.2) is 66.1 Å². The second kappa shape index (κ2) is 10.1. The zero-order chi connectivity index (χ0) is 23.2. The SMILES string of the molecule is CCN(C(=O)/C(CS(=O)(=O)CCC(F)(F)F)=N\OC)c1cn(-c2cccnc2)nc1Cl.